The van der Waals surface area contributed by atoms with Gasteiger partial charge in [0.1, 0.15) is 5.82 Å². The first-order chi connectivity index (χ1) is 3.39. The van der Waals surface area contributed by atoms with E-state index in [1.165, 1.54) is 0 Å². The Labute approximate surface area is 61.8 Å². The van der Waals surface area contributed by atoms with Gasteiger partial charge in [0.25, 0.3) is 0 Å². The van der Waals surface area contributed by atoms with E-state index < -0.39 is 0 Å². The average Bonchev–Trinajstić information content (AvgIpc) is 1.69. The molecular weight excluding hydrogens is 95.0 g/mol. The largest absolute Gasteiger partial charge is 1.00 e. The normalized spacial score (nSPS) is 7.50. The topological polar surface area (TPSA) is 38.9 Å². The standard InChI is InChI=1S/C5H6N2.Li.H/c6-5-3-1-2-4-7-5;;/h1-4H,(H2,6,7);;/q;+1;-1. The molecule has 2 nitrogen and oxygen atoms in total. The molecule has 1 aromatic rings. The molecular formula is C5H7LiN2. The molecule has 0 saturated heterocycles. The van der Waals surface area contributed by atoms with Crippen molar-refractivity contribution in [1.29, 1.82) is 0 Å². The van der Waals surface area contributed by atoms with Gasteiger partial charge in [-0.25, -0.2) is 4.98 Å². The fourth-order valence-electron chi connectivity index (χ4n) is 0.376. The number of hydrogen-bond donors (Lipinski definition) is 1. The Bertz CT molecular complexity index is 145. The van der Waals surface area contributed by atoms with E-state index in [2.05, 4.69) is 4.98 Å². The summed E-state index contributed by atoms with van der Waals surface area (Å²) in [4.78, 5) is 3.76. The number of nitrogen functional groups attached to an aromatic ring is 1. The van der Waals surface area contributed by atoms with Crippen LogP contribution >= 0.6 is 0 Å². The smallest absolute Gasteiger partial charge is 1.00 e. The number of anilines is 1. The van der Waals surface area contributed by atoms with Crippen LogP contribution in [-0.2, 0) is 0 Å². The number of nitrogens with two attached hydrogens (primary N) is 1. The van der Waals surface area contributed by atoms with Gasteiger partial charge in [-0.1, -0.05) is 6.07 Å². The van der Waals surface area contributed by atoms with E-state index in [9.17, 15) is 0 Å². The number of aromatic nitrogens is 1. The number of nitrogens with zero attached hydrogens (tertiary/aromatic N) is 1. The molecule has 0 spiro atoms. The molecule has 0 aliphatic heterocycles. The molecule has 2 N–H and O–H groups in total. The molecule has 0 saturated carbocycles. The Morgan fingerprint density at radius 3 is 2.50 bits per heavy atom. The van der Waals surface area contributed by atoms with Gasteiger partial charge in [0.15, 0.2) is 0 Å². The van der Waals surface area contributed by atoms with Gasteiger partial charge in [0.2, 0.25) is 0 Å². The van der Waals surface area contributed by atoms with E-state index in [4.69, 9.17) is 5.73 Å². The molecule has 0 fully saturated rings. The van der Waals surface area contributed by atoms with E-state index in [0.717, 1.165) is 0 Å². The van der Waals surface area contributed by atoms with Gasteiger partial charge in [-0.15, -0.1) is 0 Å². The zero-order chi connectivity index (χ0) is 5.11. The van der Waals surface area contributed by atoms with Crippen LogP contribution in [0.1, 0.15) is 1.43 Å². The zero-order valence-electron chi connectivity index (χ0n) is 5.83. The second-order valence-electron chi connectivity index (χ2n) is 1.25. The Kier molecular flexibility index (Phi) is 3.34. The third-order valence-electron chi connectivity index (χ3n) is 0.688. The Balaban J connectivity index is 0. The van der Waals surface area contributed by atoms with Crippen LogP contribution in [0.2, 0.25) is 0 Å². The van der Waals surface area contributed by atoms with Gasteiger partial charge < -0.3 is 7.16 Å². The molecule has 0 aliphatic carbocycles. The van der Waals surface area contributed by atoms with Gasteiger partial charge in [0.05, 0.1) is 0 Å². The second-order valence-corrected chi connectivity index (χ2v) is 1.25. The summed E-state index contributed by atoms with van der Waals surface area (Å²) >= 11 is 0. The van der Waals surface area contributed by atoms with Crippen LogP contribution in [0, 0.1) is 0 Å². The van der Waals surface area contributed by atoms with E-state index in [0.29, 0.717) is 5.82 Å². The predicted molar refractivity (Wildman–Crippen MR) is 29.8 cm³/mol. The van der Waals surface area contributed by atoms with Gasteiger partial charge in [0, 0.05) is 6.20 Å². The van der Waals surface area contributed by atoms with Gasteiger partial charge in [-0.2, -0.15) is 0 Å². The molecule has 8 heavy (non-hydrogen) atoms. The van der Waals surface area contributed by atoms with E-state index >= 15 is 0 Å². The summed E-state index contributed by atoms with van der Waals surface area (Å²) in [7, 11) is 0. The van der Waals surface area contributed by atoms with Crippen molar-refractivity contribution in [2.75, 3.05) is 5.73 Å². The molecule has 1 aromatic heterocycles. The zero-order valence-corrected chi connectivity index (χ0v) is 4.83. The number of hydrogen-bond acceptors (Lipinski definition) is 2. The molecule has 0 aliphatic rings. The number of rotatable bonds is 0. The van der Waals surface area contributed by atoms with Gasteiger partial charge >= 0.3 is 18.9 Å². The minimum Gasteiger partial charge on any atom is -1.00 e. The fourth-order valence-corrected chi connectivity index (χ4v) is 0.376. The Morgan fingerprint density at radius 2 is 2.25 bits per heavy atom. The first-order valence-corrected chi connectivity index (χ1v) is 2.06. The first-order valence-electron chi connectivity index (χ1n) is 2.06. The third-order valence-corrected chi connectivity index (χ3v) is 0.688. The van der Waals surface area contributed by atoms with Crippen LogP contribution in [0.4, 0.5) is 5.82 Å². The molecule has 1 rings (SSSR count). The average molecular weight is 102 g/mol. The Morgan fingerprint density at radius 1 is 1.50 bits per heavy atom. The van der Waals surface area contributed by atoms with Crippen LogP contribution in [0.15, 0.2) is 24.4 Å². The van der Waals surface area contributed by atoms with E-state index in [1.807, 2.05) is 12.1 Å². The van der Waals surface area contributed by atoms with E-state index in [-0.39, 0.29) is 20.3 Å². The van der Waals surface area contributed by atoms with Crippen molar-refractivity contribution < 1.29 is 20.3 Å². The van der Waals surface area contributed by atoms with Crippen molar-refractivity contribution >= 4 is 5.82 Å². The first kappa shape index (κ1) is 7.55. The molecule has 0 amide bonds. The predicted octanol–water partition coefficient (Wildman–Crippen LogP) is -2.22. The quantitative estimate of drug-likeness (QED) is 0.377. The molecule has 0 unspecified atom stereocenters. The summed E-state index contributed by atoms with van der Waals surface area (Å²) in [6.07, 6.45) is 1.66. The summed E-state index contributed by atoms with van der Waals surface area (Å²) in [5.41, 5.74) is 5.25. The summed E-state index contributed by atoms with van der Waals surface area (Å²) in [5, 5.41) is 0. The fraction of sp³-hybridized carbons (Fsp3) is 0. The summed E-state index contributed by atoms with van der Waals surface area (Å²) in [6, 6.07) is 5.43. The van der Waals surface area contributed by atoms with Crippen molar-refractivity contribution in [2.45, 2.75) is 0 Å². The van der Waals surface area contributed by atoms with Crippen molar-refractivity contribution in [3.05, 3.63) is 24.4 Å². The molecule has 0 bridgehead atoms. The molecule has 0 radical (unpaired) electrons. The summed E-state index contributed by atoms with van der Waals surface area (Å²) in [6.45, 7) is 0. The van der Waals surface area contributed by atoms with Crippen LogP contribution in [0.25, 0.3) is 0 Å². The van der Waals surface area contributed by atoms with Crippen LogP contribution < -0.4 is 24.6 Å². The minimum absolute atomic E-state index is 0. The third kappa shape index (κ3) is 2.01. The van der Waals surface area contributed by atoms with Gasteiger partial charge in [-0.05, 0) is 12.1 Å². The molecule has 38 valence electrons. The molecule has 0 aromatic carbocycles. The van der Waals surface area contributed by atoms with Crippen LogP contribution in [-0.4, -0.2) is 4.98 Å². The van der Waals surface area contributed by atoms with E-state index in [1.54, 1.807) is 12.3 Å². The maximum atomic E-state index is 5.25. The number of pyridine rings is 1. The minimum atomic E-state index is 0. The SMILES string of the molecule is Nc1ccccn1.[H-].[Li+]. The van der Waals surface area contributed by atoms with Crippen molar-refractivity contribution in [3.8, 4) is 0 Å². The van der Waals surface area contributed by atoms with Crippen molar-refractivity contribution in [2.24, 2.45) is 0 Å². The maximum absolute atomic E-state index is 5.25. The Hall–Kier alpha value is -0.453. The molecule has 1 heterocycles. The van der Waals surface area contributed by atoms with Crippen LogP contribution in [0.3, 0.4) is 0 Å². The summed E-state index contributed by atoms with van der Waals surface area (Å²) in [5.74, 6) is 0.572. The monoisotopic (exact) mass is 102 g/mol. The maximum Gasteiger partial charge on any atom is 1.00 e. The van der Waals surface area contributed by atoms with Crippen molar-refractivity contribution in [1.82, 2.24) is 4.98 Å². The summed E-state index contributed by atoms with van der Waals surface area (Å²) < 4.78 is 0. The second kappa shape index (κ2) is 3.54. The molecule has 0 atom stereocenters. The van der Waals surface area contributed by atoms with Crippen molar-refractivity contribution in [3.63, 3.8) is 0 Å². The van der Waals surface area contributed by atoms with Gasteiger partial charge in [-0.3, -0.25) is 0 Å². The van der Waals surface area contributed by atoms with Crippen LogP contribution in [0.5, 0.6) is 0 Å². The molecule has 3 heteroatoms.